The number of piperidine rings is 1. The second-order valence-electron chi connectivity index (χ2n) is 8.98. The first kappa shape index (κ1) is 22.8. The number of carboxylic acids is 1. The van der Waals surface area contributed by atoms with E-state index in [4.69, 9.17) is 11.5 Å². The molecule has 1 aliphatic heterocycles. The Labute approximate surface area is 192 Å². The van der Waals surface area contributed by atoms with Gasteiger partial charge in [-0.15, -0.1) is 0 Å². The first-order valence-electron chi connectivity index (χ1n) is 11.5. The van der Waals surface area contributed by atoms with Gasteiger partial charge in [0.15, 0.2) is 5.96 Å². The Hall–Kier alpha value is -3.43. The molecule has 1 aliphatic carbocycles. The van der Waals surface area contributed by atoms with Crippen LogP contribution in [0.15, 0.2) is 23.2 Å². The topological polar surface area (TPSA) is 160 Å². The molecule has 2 aliphatic rings. The number of nitrogens with two attached hydrogens (primary N) is 2. The van der Waals surface area contributed by atoms with Gasteiger partial charge in [-0.1, -0.05) is 24.5 Å². The second kappa shape index (κ2) is 9.60. The predicted molar refractivity (Wildman–Crippen MR) is 126 cm³/mol. The van der Waals surface area contributed by atoms with E-state index in [0.717, 1.165) is 36.6 Å². The number of aliphatic imine (C=N–C) groups is 1. The summed E-state index contributed by atoms with van der Waals surface area (Å²) in [6.45, 7) is 2.75. The summed E-state index contributed by atoms with van der Waals surface area (Å²) >= 11 is 0. The van der Waals surface area contributed by atoms with Crippen LogP contribution in [0.2, 0.25) is 0 Å². The number of fused-ring (bicyclic) bond motifs is 1. The molecule has 1 amide bonds. The number of aliphatic carboxylic acids is 1. The van der Waals surface area contributed by atoms with Crippen molar-refractivity contribution in [3.05, 3.63) is 29.6 Å². The van der Waals surface area contributed by atoms with E-state index < -0.39 is 11.9 Å². The molecule has 1 saturated heterocycles. The zero-order valence-electron chi connectivity index (χ0n) is 18.8. The highest BCUT2D eigenvalue weighted by Crippen LogP contribution is 2.28. The molecule has 1 aromatic heterocycles. The average molecular weight is 454 g/mol. The van der Waals surface area contributed by atoms with Gasteiger partial charge in [-0.25, -0.2) is 15.0 Å². The van der Waals surface area contributed by atoms with Crippen LogP contribution in [0.1, 0.15) is 54.7 Å². The fourth-order valence-electron chi connectivity index (χ4n) is 4.72. The van der Waals surface area contributed by atoms with Gasteiger partial charge < -0.3 is 26.8 Å². The summed E-state index contributed by atoms with van der Waals surface area (Å²) in [7, 11) is 0. The number of carboxylic acid groups (broad SMARTS) is 1. The molecular weight excluding hydrogens is 422 g/mol. The quantitative estimate of drug-likeness (QED) is 0.394. The van der Waals surface area contributed by atoms with Crippen molar-refractivity contribution < 1.29 is 14.7 Å². The number of aryl methyl sites for hydroxylation is 1. The van der Waals surface area contributed by atoms with Crippen LogP contribution in [0.3, 0.4) is 0 Å². The molecule has 1 saturated carbocycles. The normalized spacial score (nSPS) is 21.5. The molecule has 4 rings (SSSR count). The molecule has 176 valence electrons. The molecule has 0 radical (unpaired) electrons. The summed E-state index contributed by atoms with van der Waals surface area (Å²) < 4.78 is 0. The number of carbonyl (C=O) groups is 2. The first-order valence-corrected chi connectivity index (χ1v) is 11.5. The van der Waals surface area contributed by atoms with E-state index in [2.05, 4.69) is 20.3 Å². The SMILES string of the molecule is Cc1ccc2nc(C(=O)N3CCC(C(=O)O)CC3)nc(NC3CCCCC3N=C(N)N)c2c1. The predicted octanol–water partition coefficient (Wildman–Crippen LogP) is 1.87. The number of hydrogen-bond acceptors (Lipinski definition) is 6. The lowest BCUT2D eigenvalue weighted by Gasteiger charge is -2.31. The van der Waals surface area contributed by atoms with E-state index in [1.54, 1.807) is 4.90 Å². The Morgan fingerprint density at radius 2 is 1.85 bits per heavy atom. The minimum atomic E-state index is -0.811. The van der Waals surface area contributed by atoms with E-state index in [1.807, 2.05) is 25.1 Å². The van der Waals surface area contributed by atoms with E-state index >= 15 is 0 Å². The average Bonchev–Trinajstić information content (AvgIpc) is 2.79. The third kappa shape index (κ3) is 5.15. The van der Waals surface area contributed by atoms with Gasteiger partial charge >= 0.3 is 5.97 Å². The maximum Gasteiger partial charge on any atom is 0.306 e. The number of guanidine groups is 1. The van der Waals surface area contributed by atoms with Crippen LogP contribution >= 0.6 is 0 Å². The van der Waals surface area contributed by atoms with Crippen molar-refractivity contribution in [2.75, 3.05) is 18.4 Å². The minimum absolute atomic E-state index is 0.00581. The smallest absolute Gasteiger partial charge is 0.306 e. The lowest BCUT2D eigenvalue weighted by Crippen LogP contribution is -2.41. The Kier molecular flexibility index (Phi) is 6.62. The molecule has 0 spiro atoms. The molecule has 33 heavy (non-hydrogen) atoms. The highest BCUT2D eigenvalue weighted by molar-refractivity contribution is 5.97. The van der Waals surface area contributed by atoms with Crippen LogP contribution in [0.4, 0.5) is 5.82 Å². The Balaban J connectivity index is 1.64. The van der Waals surface area contributed by atoms with Gasteiger partial charge in [0.05, 0.1) is 23.5 Å². The Bertz CT molecular complexity index is 1080. The molecule has 1 aromatic carbocycles. The molecule has 2 atom stereocenters. The number of hydrogen-bond donors (Lipinski definition) is 4. The maximum atomic E-state index is 13.2. The number of nitrogens with zero attached hydrogens (tertiary/aromatic N) is 4. The van der Waals surface area contributed by atoms with Crippen LogP contribution in [-0.4, -0.2) is 63.0 Å². The van der Waals surface area contributed by atoms with Crippen molar-refractivity contribution in [1.82, 2.24) is 14.9 Å². The van der Waals surface area contributed by atoms with Crippen molar-refractivity contribution >= 4 is 34.6 Å². The minimum Gasteiger partial charge on any atom is -0.481 e. The first-order chi connectivity index (χ1) is 15.8. The fraction of sp³-hybridized carbons (Fsp3) is 0.522. The molecular formula is C23H31N7O3. The summed E-state index contributed by atoms with van der Waals surface area (Å²) in [6, 6.07) is 5.78. The van der Waals surface area contributed by atoms with Gasteiger partial charge in [0.25, 0.3) is 5.91 Å². The molecule has 10 heteroatoms. The van der Waals surface area contributed by atoms with E-state index in [9.17, 15) is 14.7 Å². The van der Waals surface area contributed by atoms with Crippen molar-refractivity contribution in [3.63, 3.8) is 0 Å². The zero-order valence-corrected chi connectivity index (χ0v) is 18.8. The monoisotopic (exact) mass is 453 g/mol. The number of likely N-dealkylation sites (tertiary alicyclic amines) is 1. The summed E-state index contributed by atoms with van der Waals surface area (Å²) in [6.07, 6.45) is 4.74. The lowest BCUT2D eigenvalue weighted by atomic mass is 9.90. The third-order valence-electron chi connectivity index (χ3n) is 6.54. The fourth-order valence-corrected chi connectivity index (χ4v) is 4.72. The van der Waals surface area contributed by atoms with Crippen LogP contribution in [0.5, 0.6) is 0 Å². The standard InChI is InChI=1S/C23H31N7O3/c1-13-6-7-16-15(12-13)19(27-17-4-2-3-5-18(17)28-23(24)25)29-20(26-16)21(31)30-10-8-14(9-11-30)22(32)33/h6-7,12,14,17-18H,2-5,8-11H2,1H3,(H,32,33)(H4,24,25,28)(H,26,27,29). The molecule has 0 bridgehead atoms. The molecule has 6 N–H and O–H groups in total. The van der Waals surface area contributed by atoms with Gasteiger partial charge in [0.1, 0.15) is 5.82 Å². The van der Waals surface area contributed by atoms with Gasteiger partial charge in [0.2, 0.25) is 5.82 Å². The van der Waals surface area contributed by atoms with Gasteiger partial charge in [-0.2, -0.15) is 0 Å². The van der Waals surface area contributed by atoms with E-state index in [-0.39, 0.29) is 29.8 Å². The highest BCUT2D eigenvalue weighted by atomic mass is 16.4. The van der Waals surface area contributed by atoms with Gasteiger partial charge in [-0.3, -0.25) is 9.59 Å². The lowest BCUT2D eigenvalue weighted by molar-refractivity contribution is -0.143. The zero-order chi connectivity index (χ0) is 23.5. The van der Waals surface area contributed by atoms with Gasteiger partial charge in [-0.05, 0) is 44.7 Å². The Morgan fingerprint density at radius 1 is 1.12 bits per heavy atom. The number of benzene rings is 1. The summed E-state index contributed by atoms with van der Waals surface area (Å²) in [5.74, 6) is -0.738. The number of rotatable bonds is 5. The van der Waals surface area contributed by atoms with Crippen molar-refractivity contribution in [1.29, 1.82) is 0 Å². The molecule has 10 nitrogen and oxygen atoms in total. The number of anilines is 1. The number of amides is 1. The van der Waals surface area contributed by atoms with Crippen molar-refractivity contribution in [2.24, 2.45) is 22.4 Å². The van der Waals surface area contributed by atoms with Gasteiger partial charge in [0, 0.05) is 18.5 Å². The van der Waals surface area contributed by atoms with Crippen LogP contribution in [0.25, 0.3) is 10.9 Å². The Morgan fingerprint density at radius 3 is 2.55 bits per heavy atom. The third-order valence-corrected chi connectivity index (χ3v) is 6.54. The number of carbonyl (C=O) groups excluding carboxylic acids is 1. The van der Waals surface area contributed by atoms with Crippen LogP contribution in [0, 0.1) is 12.8 Å². The van der Waals surface area contributed by atoms with Crippen molar-refractivity contribution in [3.8, 4) is 0 Å². The molecule has 2 fully saturated rings. The largest absolute Gasteiger partial charge is 0.481 e. The number of aromatic nitrogens is 2. The van der Waals surface area contributed by atoms with E-state index in [0.29, 0.717) is 37.3 Å². The summed E-state index contributed by atoms with van der Waals surface area (Å²) in [4.78, 5) is 39.7. The van der Waals surface area contributed by atoms with Crippen LogP contribution in [-0.2, 0) is 4.79 Å². The second-order valence-corrected chi connectivity index (χ2v) is 8.98. The van der Waals surface area contributed by atoms with E-state index in [1.165, 1.54) is 0 Å². The van der Waals surface area contributed by atoms with Crippen LogP contribution < -0.4 is 16.8 Å². The maximum absolute atomic E-state index is 13.2. The molecule has 2 unspecified atom stereocenters. The number of nitrogens with one attached hydrogen (secondary N) is 1. The van der Waals surface area contributed by atoms with Crippen molar-refractivity contribution in [2.45, 2.75) is 57.5 Å². The molecule has 2 heterocycles. The summed E-state index contributed by atoms with van der Waals surface area (Å²) in [5.41, 5.74) is 13.0. The molecule has 2 aromatic rings. The highest BCUT2D eigenvalue weighted by Gasteiger charge is 2.30. The summed E-state index contributed by atoms with van der Waals surface area (Å²) in [5, 5.41) is 13.6.